The highest BCUT2D eigenvalue weighted by Crippen LogP contribution is 2.34. The van der Waals surface area contributed by atoms with Gasteiger partial charge in [-0.15, -0.1) is 11.8 Å². The summed E-state index contributed by atoms with van der Waals surface area (Å²) >= 11 is 1.80. The molecule has 21 heavy (non-hydrogen) atoms. The van der Waals surface area contributed by atoms with Crippen LogP contribution in [0.5, 0.6) is 11.5 Å². The van der Waals surface area contributed by atoms with E-state index in [9.17, 15) is 5.11 Å². The number of fused-ring (bicyclic) bond motifs is 1. The van der Waals surface area contributed by atoms with Crippen molar-refractivity contribution in [1.82, 2.24) is 5.32 Å². The Morgan fingerprint density at radius 3 is 2.81 bits per heavy atom. The quantitative estimate of drug-likeness (QED) is 0.758. The third-order valence-corrected chi connectivity index (χ3v) is 4.75. The molecule has 0 radical (unpaired) electrons. The zero-order valence-corrected chi connectivity index (χ0v) is 13.0. The largest absolute Gasteiger partial charge is 0.490 e. The van der Waals surface area contributed by atoms with E-state index in [0.717, 1.165) is 43.3 Å². The standard InChI is InChI=1S/C16H23NO3S/c18-11-13(17-12-2-3-12)6-9-21-14-4-5-15-16(10-14)20-8-1-7-19-15/h4-5,10,12-13,17-18H,1-3,6-9,11H2. The van der Waals surface area contributed by atoms with Gasteiger partial charge in [0.05, 0.1) is 19.8 Å². The van der Waals surface area contributed by atoms with E-state index in [1.54, 1.807) is 11.8 Å². The average Bonchev–Trinajstić information content (AvgIpc) is 3.32. The van der Waals surface area contributed by atoms with Gasteiger partial charge >= 0.3 is 0 Å². The van der Waals surface area contributed by atoms with Crippen LogP contribution in [0.1, 0.15) is 25.7 Å². The summed E-state index contributed by atoms with van der Waals surface area (Å²) in [6.45, 7) is 1.67. The van der Waals surface area contributed by atoms with E-state index >= 15 is 0 Å². The predicted octanol–water partition coefficient (Wildman–Crippen LogP) is 2.44. The summed E-state index contributed by atoms with van der Waals surface area (Å²) in [4.78, 5) is 1.20. The zero-order valence-electron chi connectivity index (χ0n) is 12.2. The lowest BCUT2D eigenvalue weighted by Gasteiger charge is -2.15. The summed E-state index contributed by atoms with van der Waals surface area (Å²) in [6.07, 6.45) is 4.42. The van der Waals surface area contributed by atoms with Crippen LogP contribution in [0.25, 0.3) is 0 Å². The van der Waals surface area contributed by atoms with Gasteiger partial charge in [-0.2, -0.15) is 0 Å². The van der Waals surface area contributed by atoms with E-state index < -0.39 is 0 Å². The molecule has 0 spiro atoms. The van der Waals surface area contributed by atoms with Crippen molar-refractivity contribution in [1.29, 1.82) is 0 Å². The van der Waals surface area contributed by atoms with Crippen molar-refractivity contribution in [2.75, 3.05) is 25.6 Å². The molecule has 1 aromatic carbocycles. The molecule has 0 saturated heterocycles. The van der Waals surface area contributed by atoms with Gasteiger partial charge in [-0.25, -0.2) is 0 Å². The molecule has 0 amide bonds. The first-order valence-corrected chi connectivity index (χ1v) is 8.73. The van der Waals surface area contributed by atoms with Crippen LogP contribution >= 0.6 is 11.8 Å². The monoisotopic (exact) mass is 309 g/mol. The van der Waals surface area contributed by atoms with Crippen LogP contribution in [0.3, 0.4) is 0 Å². The Balaban J connectivity index is 1.49. The maximum atomic E-state index is 9.38. The van der Waals surface area contributed by atoms with Gasteiger partial charge in [-0.05, 0) is 43.2 Å². The Kier molecular flexibility index (Phi) is 5.27. The van der Waals surface area contributed by atoms with E-state index in [0.29, 0.717) is 6.04 Å². The van der Waals surface area contributed by atoms with Crippen LogP contribution in [-0.2, 0) is 0 Å². The third kappa shape index (κ3) is 4.53. The van der Waals surface area contributed by atoms with Gasteiger partial charge in [0.1, 0.15) is 0 Å². The second-order valence-electron chi connectivity index (χ2n) is 5.62. The van der Waals surface area contributed by atoms with Gasteiger partial charge in [0, 0.05) is 23.4 Å². The molecule has 3 rings (SSSR count). The normalized spacial score (nSPS) is 19.1. The van der Waals surface area contributed by atoms with Gasteiger partial charge in [-0.1, -0.05) is 0 Å². The van der Waals surface area contributed by atoms with Crippen molar-refractivity contribution >= 4 is 11.8 Å². The first kappa shape index (κ1) is 15.0. The molecule has 4 nitrogen and oxygen atoms in total. The van der Waals surface area contributed by atoms with Crippen molar-refractivity contribution in [3.8, 4) is 11.5 Å². The Morgan fingerprint density at radius 1 is 1.24 bits per heavy atom. The lowest BCUT2D eigenvalue weighted by atomic mass is 10.2. The highest BCUT2D eigenvalue weighted by Gasteiger charge is 2.23. The third-order valence-electron chi connectivity index (χ3n) is 3.72. The number of rotatable bonds is 7. The number of nitrogens with one attached hydrogen (secondary N) is 1. The Labute approximate surface area is 130 Å². The van der Waals surface area contributed by atoms with E-state index in [-0.39, 0.29) is 12.6 Å². The van der Waals surface area contributed by atoms with Crippen molar-refractivity contribution < 1.29 is 14.6 Å². The van der Waals surface area contributed by atoms with Crippen LogP contribution in [0.2, 0.25) is 0 Å². The van der Waals surface area contributed by atoms with Crippen LogP contribution in [0.4, 0.5) is 0 Å². The molecule has 1 aliphatic heterocycles. The minimum absolute atomic E-state index is 0.220. The summed E-state index contributed by atoms with van der Waals surface area (Å²) in [5, 5.41) is 12.9. The van der Waals surface area contributed by atoms with Crippen molar-refractivity contribution in [2.24, 2.45) is 0 Å². The average molecular weight is 309 g/mol. The fourth-order valence-electron chi connectivity index (χ4n) is 2.36. The highest BCUT2D eigenvalue weighted by molar-refractivity contribution is 7.99. The van der Waals surface area contributed by atoms with Gasteiger partial charge in [-0.3, -0.25) is 0 Å². The fraction of sp³-hybridized carbons (Fsp3) is 0.625. The second-order valence-corrected chi connectivity index (χ2v) is 6.78. The van der Waals surface area contributed by atoms with Crippen molar-refractivity contribution in [2.45, 2.75) is 42.7 Å². The van der Waals surface area contributed by atoms with Crippen molar-refractivity contribution in [3.05, 3.63) is 18.2 Å². The second kappa shape index (κ2) is 7.38. The number of aliphatic hydroxyl groups is 1. The van der Waals surface area contributed by atoms with Crippen molar-refractivity contribution in [3.63, 3.8) is 0 Å². The topological polar surface area (TPSA) is 50.7 Å². The van der Waals surface area contributed by atoms with Crippen LogP contribution in [0, 0.1) is 0 Å². The minimum atomic E-state index is 0.220. The summed E-state index contributed by atoms with van der Waals surface area (Å²) in [6, 6.07) is 7.01. The molecule has 1 atom stereocenters. The van der Waals surface area contributed by atoms with Gasteiger partial charge in [0.15, 0.2) is 11.5 Å². The minimum Gasteiger partial charge on any atom is -0.490 e. The van der Waals surface area contributed by atoms with E-state index in [2.05, 4.69) is 17.4 Å². The molecule has 116 valence electrons. The number of thioether (sulfide) groups is 1. The maximum absolute atomic E-state index is 9.38. The van der Waals surface area contributed by atoms with E-state index in [4.69, 9.17) is 9.47 Å². The number of benzene rings is 1. The number of aliphatic hydroxyl groups excluding tert-OH is 1. The summed E-state index contributed by atoms with van der Waals surface area (Å²) in [7, 11) is 0. The molecular weight excluding hydrogens is 286 g/mol. The van der Waals surface area contributed by atoms with E-state index in [1.807, 2.05) is 6.07 Å². The Bertz CT molecular complexity index is 465. The first-order chi connectivity index (χ1) is 10.3. The van der Waals surface area contributed by atoms with Crippen LogP contribution < -0.4 is 14.8 Å². The van der Waals surface area contributed by atoms with Crippen LogP contribution in [-0.4, -0.2) is 42.8 Å². The number of ether oxygens (including phenoxy) is 2. The maximum Gasteiger partial charge on any atom is 0.162 e. The van der Waals surface area contributed by atoms with E-state index in [1.165, 1.54) is 17.7 Å². The molecule has 1 unspecified atom stereocenters. The molecular formula is C16H23NO3S. The predicted molar refractivity (Wildman–Crippen MR) is 84.4 cm³/mol. The molecule has 0 bridgehead atoms. The lowest BCUT2D eigenvalue weighted by molar-refractivity contribution is 0.239. The molecule has 2 aliphatic rings. The molecule has 1 saturated carbocycles. The number of hydrogen-bond acceptors (Lipinski definition) is 5. The summed E-state index contributed by atoms with van der Waals surface area (Å²) in [5.74, 6) is 2.69. The molecule has 1 aromatic rings. The summed E-state index contributed by atoms with van der Waals surface area (Å²) in [5.41, 5.74) is 0. The van der Waals surface area contributed by atoms with Gasteiger partial charge in [0.25, 0.3) is 0 Å². The molecule has 1 fully saturated rings. The number of hydrogen-bond donors (Lipinski definition) is 2. The van der Waals surface area contributed by atoms with Crippen LogP contribution in [0.15, 0.2) is 23.1 Å². The first-order valence-electron chi connectivity index (χ1n) is 7.74. The fourth-order valence-corrected chi connectivity index (χ4v) is 3.36. The molecule has 2 N–H and O–H groups in total. The molecule has 5 heteroatoms. The SMILES string of the molecule is OCC(CCSc1ccc2c(c1)OCCCO2)NC1CC1. The molecule has 0 aromatic heterocycles. The van der Waals surface area contributed by atoms with Gasteiger partial charge in [0.2, 0.25) is 0 Å². The summed E-state index contributed by atoms with van der Waals surface area (Å²) < 4.78 is 11.3. The lowest BCUT2D eigenvalue weighted by Crippen LogP contribution is -2.34. The highest BCUT2D eigenvalue weighted by atomic mass is 32.2. The molecule has 1 heterocycles. The Morgan fingerprint density at radius 2 is 2.05 bits per heavy atom. The smallest absolute Gasteiger partial charge is 0.162 e. The van der Waals surface area contributed by atoms with Gasteiger partial charge < -0.3 is 19.9 Å². The molecule has 1 aliphatic carbocycles. The Hall–Kier alpha value is -0.910. The zero-order chi connectivity index (χ0) is 14.5.